The van der Waals surface area contributed by atoms with Gasteiger partial charge in [-0.05, 0) is 42.4 Å². The molecule has 20 heavy (non-hydrogen) atoms. The summed E-state index contributed by atoms with van der Waals surface area (Å²) < 4.78 is 10.9. The smallest absolute Gasteiger partial charge is 0.118 e. The zero-order valence-corrected chi connectivity index (χ0v) is 13.3. The number of allylic oxidation sites excluding steroid dienone is 2. The first-order valence-corrected chi connectivity index (χ1v) is 7.53. The van der Waals surface area contributed by atoms with Gasteiger partial charge in [0.2, 0.25) is 0 Å². The standard InChI is InChI=1S/C18H28O2/c1-5-6-7-15(2)12-16(3)13-20-14-17-8-10-18(19-4)11-9-17/h6-11,15-16H,5,12-14H2,1-4H3/b7-6+/t15-,16-/m0/s1. The lowest BCUT2D eigenvalue weighted by Gasteiger charge is -2.15. The maximum atomic E-state index is 5.80. The third-order valence-electron chi connectivity index (χ3n) is 3.30. The predicted molar refractivity (Wildman–Crippen MR) is 85.0 cm³/mol. The van der Waals surface area contributed by atoms with Crippen LogP contribution >= 0.6 is 0 Å². The second kappa shape index (κ2) is 9.60. The quantitative estimate of drug-likeness (QED) is 0.601. The molecule has 0 heterocycles. The van der Waals surface area contributed by atoms with E-state index in [1.807, 2.05) is 12.1 Å². The summed E-state index contributed by atoms with van der Waals surface area (Å²) in [7, 11) is 1.68. The van der Waals surface area contributed by atoms with Crippen LogP contribution in [-0.4, -0.2) is 13.7 Å². The lowest BCUT2D eigenvalue weighted by molar-refractivity contribution is 0.0867. The molecule has 0 spiro atoms. The molecule has 0 N–H and O–H groups in total. The Morgan fingerprint density at radius 1 is 1.15 bits per heavy atom. The van der Waals surface area contributed by atoms with Crippen LogP contribution < -0.4 is 4.74 Å². The number of benzene rings is 1. The van der Waals surface area contributed by atoms with Gasteiger partial charge in [0.1, 0.15) is 5.75 Å². The number of ether oxygens (including phenoxy) is 2. The van der Waals surface area contributed by atoms with Gasteiger partial charge in [0.05, 0.1) is 13.7 Å². The van der Waals surface area contributed by atoms with E-state index >= 15 is 0 Å². The molecule has 2 heteroatoms. The highest BCUT2D eigenvalue weighted by Gasteiger charge is 2.06. The maximum absolute atomic E-state index is 5.80. The van der Waals surface area contributed by atoms with Crippen LogP contribution in [0.1, 0.15) is 39.2 Å². The molecule has 1 aromatic rings. The van der Waals surface area contributed by atoms with E-state index in [1.165, 1.54) is 12.0 Å². The minimum absolute atomic E-state index is 0.588. The van der Waals surface area contributed by atoms with Crippen LogP contribution in [0, 0.1) is 11.8 Å². The van der Waals surface area contributed by atoms with E-state index in [-0.39, 0.29) is 0 Å². The first-order chi connectivity index (χ1) is 9.65. The maximum Gasteiger partial charge on any atom is 0.118 e. The second-order valence-electron chi connectivity index (χ2n) is 5.52. The fourth-order valence-corrected chi connectivity index (χ4v) is 2.25. The average molecular weight is 276 g/mol. The molecule has 0 saturated heterocycles. The Kier molecular flexibility index (Phi) is 8.05. The molecule has 1 aromatic carbocycles. The van der Waals surface area contributed by atoms with Crippen LogP contribution in [0.5, 0.6) is 5.75 Å². The first-order valence-electron chi connectivity index (χ1n) is 7.53. The van der Waals surface area contributed by atoms with Gasteiger partial charge in [-0.3, -0.25) is 0 Å². The number of methoxy groups -OCH3 is 1. The zero-order valence-electron chi connectivity index (χ0n) is 13.3. The number of hydrogen-bond donors (Lipinski definition) is 0. The Bertz CT molecular complexity index is 381. The van der Waals surface area contributed by atoms with Gasteiger partial charge in [0.15, 0.2) is 0 Å². The van der Waals surface area contributed by atoms with Crippen LogP contribution in [-0.2, 0) is 11.3 Å². The van der Waals surface area contributed by atoms with Gasteiger partial charge >= 0.3 is 0 Å². The lowest BCUT2D eigenvalue weighted by atomic mass is 9.97. The Labute approximate surface area is 123 Å². The molecule has 1 rings (SSSR count). The van der Waals surface area contributed by atoms with Crippen molar-refractivity contribution in [2.45, 2.75) is 40.2 Å². The summed E-state index contributed by atoms with van der Waals surface area (Å²) in [5.74, 6) is 2.11. The van der Waals surface area contributed by atoms with Crippen molar-refractivity contribution in [3.63, 3.8) is 0 Å². The molecule has 0 unspecified atom stereocenters. The van der Waals surface area contributed by atoms with E-state index in [4.69, 9.17) is 9.47 Å². The molecule has 0 aliphatic heterocycles. The van der Waals surface area contributed by atoms with E-state index in [9.17, 15) is 0 Å². The number of hydrogen-bond acceptors (Lipinski definition) is 2. The lowest BCUT2D eigenvalue weighted by Crippen LogP contribution is -2.09. The van der Waals surface area contributed by atoms with Crippen molar-refractivity contribution < 1.29 is 9.47 Å². The summed E-state index contributed by atoms with van der Waals surface area (Å²) in [6, 6.07) is 8.05. The van der Waals surface area contributed by atoms with Crippen LogP contribution in [0.4, 0.5) is 0 Å². The summed E-state index contributed by atoms with van der Waals surface area (Å²) in [5, 5.41) is 0. The van der Waals surface area contributed by atoms with E-state index < -0.39 is 0 Å². The monoisotopic (exact) mass is 276 g/mol. The van der Waals surface area contributed by atoms with Gasteiger partial charge in [0.25, 0.3) is 0 Å². The van der Waals surface area contributed by atoms with Crippen molar-refractivity contribution in [2.24, 2.45) is 11.8 Å². The number of rotatable bonds is 9. The molecule has 0 fully saturated rings. The minimum Gasteiger partial charge on any atom is -0.497 e. The Balaban J connectivity index is 2.23. The molecule has 0 aliphatic rings. The average Bonchev–Trinajstić information content (AvgIpc) is 2.45. The Morgan fingerprint density at radius 3 is 2.45 bits per heavy atom. The Hall–Kier alpha value is -1.28. The van der Waals surface area contributed by atoms with Gasteiger partial charge in [0, 0.05) is 6.61 Å². The van der Waals surface area contributed by atoms with Crippen molar-refractivity contribution in [3.8, 4) is 5.75 Å². The van der Waals surface area contributed by atoms with Crippen molar-refractivity contribution in [3.05, 3.63) is 42.0 Å². The minimum atomic E-state index is 0.588. The molecule has 2 nitrogen and oxygen atoms in total. The highest BCUT2D eigenvalue weighted by Crippen LogP contribution is 2.15. The van der Waals surface area contributed by atoms with Gasteiger partial charge in [-0.15, -0.1) is 0 Å². The summed E-state index contributed by atoms with van der Waals surface area (Å²) in [4.78, 5) is 0. The molecule has 0 bridgehead atoms. The molecule has 112 valence electrons. The topological polar surface area (TPSA) is 18.5 Å². The Morgan fingerprint density at radius 2 is 1.85 bits per heavy atom. The third-order valence-corrected chi connectivity index (χ3v) is 3.30. The summed E-state index contributed by atoms with van der Waals surface area (Å²) in [6.07, 6.45) is 6.85. The molecule has 0 aliphatic carbocycles. The molecule has 0 saturated carbocycles. The molecule has 0 radical (unpaired) electrons. The largest absolute Gasteiger partial charge is 0.497 e. The van der Waals surface area contributed by atoms with E-state index in [2.05, 4.69) is 45.1 Å². The van der Waals surface area contributed by atoms with Crippen LogP contribution in [0.3, 0.4) is 0 Å². The van der Waals surface area contributed by atoms with Crippen molar-refractivity contribution >= 4 is 0 Å². The molecule has 0 aromatic heterocycles. The molecular weight excluding hydrogens is 248 g/mol. The second-order valence-corrected chi connectivity index (χ2v) is 5.52. The van der Waals surface area contributed by atoms with Gasteiger partial charge in [-0.25, -0.2) is 0 Å². The van der Waals surface area contributed by atoms with Gasteiger partial charge in [-0.1, -0.05) is 45.1 Å². The molecule has 2 atom stereocenters. The van der Waals surface area contributed by atoms with E-state index in [0.29, 0.717) is 18.4 Å². The normalized spacial score (nSPS) is 14.4. The highest BCUT2D eigenvalue weighted by atomic mass is 16.5. The first kappa shape index (κ1) is 16.8. The van der Waals surface area contributed by atoms with Crippen LogP contribution in [0.2, 0.25) is 0 Å². The van der Waals surface area contributed by atoms with Crippen LogP contribution in [0.25, 0.3) is 0 Å². The van der Waals surface area contributed by atoms with Crippen molar-refractivity contribution in [2.75, 3.05) is 13.7 Å². The van der Waals surface area contributed by atoms with Gasteiger partial charge in [-0.2, -0.15) is 0 Å². The summed E-state index contributed by atoms with van der Waals surface area (Å²) in [6.45, 7) is 8.19. The SMILES string of the molecule is CC/C=C/[C@H](C)C[C@H](C)COCc1ccc(OC)cc1. The fraction of sp³-hybridized carbons (Fsp3) is 0.556. The van der Waals surface area contributed by atoms with E-state index in [1.54, 1.807) is 7.11 Å². The zero-order chi connectivity index (χ0) is 14.8. The van der Waals surface area contributed by atoms with Crippen molar-refractivity contribution in [1.29, 1.82) is 0 Å². The third kappa shape index (κ3) is 6.76. The van der Waals surface area contributed by atoms with E-state index in [0.717, 1.165) is 18.8 Å². The fourth-order valence-electron chi connectivity index (χ4n) is 2.25. The van der Waals surface area contributed by atoms with Crippen molar-refractivity contribution in [1.82, 2.24) is 0 Å². The molecular formula is C18H28O2. The molecule has 0 amide bonds. The van der Waals surface area contributed by atoms with Gasteiger partial charge < -0.3 is 9.47 Å². The predicted octanol–water partition coefficient (Wildman–Crippen LogP) is 4.84. The summed E-state index contributed by atoms with van der Waals surface area (Å²) >= 11 is 0. The van der Waals surface area contributed by atoms with Crippen LogP contribution in [0.15, 0.2) is 36.4 Å². The highest BCUT2D eigenvalue weighted by molar-refractivity contribution is 5.26. The summed E-state index contributed by atoms with van der Waals surface area (Å²) in [5.41, 5.74) is 1.19.